The van der Waals surface area contributed by atoms with Crippen molar-refractivity contribution in [1.29, 1.82) is 0 Å². The van der Waals surface area contributed by atoms with Crippen LogP contribution in [0.15, 0.2) is 11.0 Å². The molecule has 0 saturated heterocycles. The summed E-state index contributed by atoms with van der Waals surface area (Å²) in [5.74, 6) is 1.99. The topological polar surface area (TPSA) is 24.9 Å². The van der Waals surface area contributed by atoms with Gasteiger partial charge in [0.2, 0.25) is 0 Å². The number of anilines is 1. The van der Waals surface area contributed by atoms with E-state index in [1.165, 1.54) is 0 Å². The molecule has 1 aliphatic rings. The lowest BCUT2D eigenvalue weighted by atomic mass is 10.4. The first-order valence-electron chi connectivity index (χ1n) is 3.31. The van der Waals surface area contributed by atoms with Crippen LogP contribution >= 0.6 is 23.4 Å². The molecule has 1 aromatic heterocycles. The Balaban J connectivity index is 2.43. The Labute approximate surface area is 74.4 Å². The third-order valence-corrected chi connectivity index (χ3v) is 2.64. The first-order valence-corrected chi connectivity index (χ1v) is 4.67. The van der Waals surface area contributed by atoms with E-state index in [2.05, 4.69) is 16.5 Å². The van der Waals surface area contributed by atoms with Crippen LogP contribution in [0.2, 0.25) is 5.02 Å². The van der Waals surface area contributed by atoms with Crippen molar-refractivity contribution in [3.63, 3.8) is 0 Å². The SMILES string of the molecule is Clc1[c]nc2c(c1)SCCN2. The quantitative estimate of drug-likeness (QED) is 0.670. The number of thioether (sulfide) groups is 1. The van der Waals surface area contributed by atoms with E-state index in [9.17, 15) is 0 Å². The third-order valence-electron chi connectivity index (χ3n) is 1.42. The van der Waals surface area contributed by atoms with Gasteiger partial charge in [0.1, 0.15) is 12.0 Å². The van der Waals surface area contributed by atoms with Gasteiger partial charge in [0.05, 0.1) is 9.92 Å². The maximum absolute atomic E-state index is 5.72. The van der Waals surface area contributed by atoms with Crippen molar-refractivity contribution in [1.82, 2.24) is 4.98 Å². The molecule has 2 heterocycles. The summed E-state index contributed by atoms with van der Waals surface area (Å²) in [7, 11) is 0. The number of nitrogens with zero attached hydrogens (tertiary/aromatic N) is 1. The van der Waals surface area contributed by atoms with Crippen LogP contribution < -0.4 is 5.32 Å². The van der Waals surface area contributed by atoms with Crippen LogP contribution in [-0.4, -0.2) is 17.3 Å². The van der Waals surface area contributed by atoms with Crippen molar-refractivity contribution in [2.75, 3.05) is 17.6 Å². The van der Waals surface area contributed by atoms with E-state index in [0.29, 0.717) is 5.02 Å². The molecule has 0 aliphatic carbocycles. The van der Waals surface area contributed by atoms with Crippen molar-refractivity contribution < 1.29 is 0 Å². The Bertz CT molecular complexity index is 277. The van der Waals surface area contributed by atoms with Gasteiger partial charge < -0.3 is 5.32 Å². The van der Waals surface area contributed by atoms with Crippen LogP contribution in [0.1, 0.15) is 0 Å². The zero-order valence-electron chi connectivity index (χ0n) is 5.72. The van der Waals surface area contributed by atoms with E-state index < -0.39 is 0 Å². The second kappa shape index (κ2) is 2.91. The van der Waals surface area contributed by atoms with Crippen LogP contribution in [0.3, 0.4) is 0 Å². The van der Waals surface area contributed by atoms with Crippen LogP contribution in [0, 0.1) is 6.20 Å². The molecule has 0 atom stereocenters. The molecule has 57 valence electrons. The number of aromatic nitrogens is 1. The molecule has 1 N–H and O–H groups in total. The minimum absolute atomic E-state index is 0.583. The van der Waals surface area contributed by atoms with Crippen LogP contribution in [0.5, 0.6) is 0 Å². The van der Waals surface area contributed by atoms with Gasteiger partial charge in [-0.2, -0.15) is 0 Å². The fourth-order valence-corrected chi connectivity index (χ4v) is 2.04. The second-order valence-electron chi connectivity index (χ2n) is 2.20. The minimum atomic E-state index is 0.583. The van der Waals surface area contributed by atoms with E-state index in [1.807, 2.05) is 6.07 Å². The molecule has 2 rings (SSSR count). The first kappa shape index (κ1) is 7.25. The van der Waals surface area contributed by atoms with Gasteiger partial charge in [-0.15, -0.1) is 11.8 Å². The van der Waals surface area contributed by atoms with Gasteiger partial charge in [0.25, 0.3) is 0 Å². The van der Waals surface area contributed by atoms with E-state index in [-0.39, 0.29) is 0 Å². The minimum Gasteiger partial charge on any atom is -0.368 e. The third kappa shape index (κ3) is 1.44. The highest BCUT2D eigenvalue weighted by atomic mass is 35.5. The molecule has 2 nitrogen and oxygen atoms in total. The van der Waals surface area contributed by atoms with Crippen LogP contribution in [-0.2, 0) is 0 Å². The Morgan fingerprint density at radius 3 is 3.55 bits per heavy atom. The highest BCUT2D eigenvalue weighted by Crippen LogP contribution is 2.30. The molecule has 0 aromatic carbocycles. The summed E-state index contributed by atoms with van der Waals surface area (Å²) in [5, 5.41) is 3.75. The van der Waals surface area contributed by atoms with Crippen molar-refractivity contribution in [3.05, 3.63) is 17.3 Å². The number of pyridine rings is 1. The molecule has 11 heavy (non-hydrogen) atoms. The van der Waals surface area contributed by atoms with E-state index in [0.717, 1.165) is 23.0 Å². The summed E-state index contributed by atoms with van der Waals surface area (Å²) in [6.45, 7) is 0.972. The average molecular weight is 186 g/mol. The van der Waals surface area contributed by atoms with E-state index in [1.54, 1.807) is 11.8 Å². The van der Waals surface area contributed by atoms with Crippen LogP contribution in [0.4, 0.5) is 5.82 Å². The zero-order chi connectivity index (χ0) is 7.68. The largest absolute Gasteiger partial charge is 0.368 e. The molecule has 4 heteroatoms. The van der Waals surface area contributed by atoms with Crippen molar-refractivity contribution in [2.45, 2.75) is 4.90 Å². The highest BCUT2D eigenvalue weighted by Gasteiger charge is 2.09. The maximum atomic E-state index is 5.72. The Kier molecular flexibility index (Phi) is 1.92. The Morgan fingerprint density at radius 1 is 1.73 bits per heavy atom. The maximum Gasteiger partial charge on any atom is 0.140 e. The first-order chi connectivity index (χ1) is 5.36. The van der Waals surface area contributed by atoms with Crippen molar-refractivity contribution >= 4 is 29.2 Å². The van der Waals surface area contributed by atoms with Gasteiger partial charge >= 0.3 is 0 Å². The van der Waals surface area contributed by atoms with Crippen LogP contribution in [0.25, 0.3) is 0 Å². The standard InChI is InChI=1S/C7H6ClN2S/c8-5-3-6-7(10-4-5)9-1-2-11-6/h3H,1-2H2,(H,9,10). The number of hydrogen-bond donors (Lipinski definition) is 1. The fourth-order valence-electron chi connectivity index (χ4n) is 0.947. The molecule has 1 radical (unpaired) electrons. The normalized spacial score (nSPS) is 15.4. The summed E-state index contributed by atoms with van der Waals surface area (Å²) >= 11 is 7.49. The molecule has 0 fully saturated rings. The summed E-state index contributed by atoms with van der Waals surface area (Å²) in [5.41, 5.74) is 0. The van der Waals surface area contributed by atoms with Crippen molar-refractivity contribution in [2.24, 2.45) is 0 Å². The summed E-state index contributed by atoms with van der Waals surface area (Å²) in [6.07, 6.45) is 2.70. The number of rotatable bonds is 0. The Hall–Kier alpha value is -0.410. The fraction of sp³-hybridized carbons (Fsp3) is 0.286. The van der Waals surface area contributed by atoms with Gasteiger partial charge in [0.15, 0.2) is 0 Å². The lowest BCUT2D eigenvalue weighted by Crippen LogP contribution is -2.11. The lowest BCUT2D eigenvalue weighted by molar-refractivity contribution is 1.10. The molecular formula is C7H6ClN2S. The summed E-state index contributed by atoms with van der Waals surface area (Å²) in [6, 6.07) is 1.89. The smallest absolute Gasteiger partial charge is 0.140 e. The number of hydrogen-bond acceptors (Lipinski definition) is 3. The van der Waals surface area contributed by atoms with E-state index in [4.69, 9.17) is 11.6 Å². The summed E-state index contributed by atoms with van der Waals surface area (Å²) in [4.78, 5) is 5.15. The molecule has 0 amide bonds. The highest BCUT2D eigenvalue weighted by molar-refractivity contribution is 7.99. The molecular weight excluding hydrogens is 180 g/mol. The van der Waals surface area contributed by atoms with Gasteiger partial charge in [-0.3, -0.25) is 0 Å². The average Bonchev–Trinajstić information content (AvgIpc) is 2.04. The molecule has 1 aliphatic heterocycles. The van der Waals surface area contributed by atoms with Gasteiger partial charge in [-0.1, -0.05) is 11.6 Å². The second-order valence-corrected chi connectivity index (χ2v) is 3.75. The lowest BCUT2D eigenvalue weighted by Gasteiger charge is -2.15. The molecule has 0 saturated carbocycles. The molecule has 1 aromatic rings. The van der Waals surface area contributed by atoms with Gasteiger partial charge in [0, 0.05) is 12.3 Å². The zero-order valence-corrected chi connectivity index (χ0v) is 7.30. The van der Waals surface area contributed by atoms with Gasteiger partial charge in [-0.25, -0.2) is 4.98 Å². The van der Waals surface area contributed by atoms with Gasteiger partial charge in [-0.05, 0) is 6.07 Å². The number of fused-ring (bicyclic) bond motifs is 1. The van der Waals surface area contributed by atoms with Crippen molar-refractivity contribution in [3.8, 4) is 0 Å². The number of halogens is 1. The monoisotopic (exact) mass is 185 g/mol. The number of nitrogens with one attached hydrogen (secondary N) is 1. The van der Waals surface area contributed by atoms with E-state index >= 15 is 0 Å². The molecule has 0 unspecified atom stereocenters. The predicted molar refractivity (Wildman–Crippen MR) is 47.3 cm³/mol. The summed E-state index contributed by atoms with van der Waals surface area (Å²) < 4.78 is 0. The molecule has 0 spiro atoms. The molecule has 0 bridgehead atoms. The predicted octanol–water partition coefficient (Wildman–Crippen LogP) is 2.05. The Morgan fingerprint density at radius 2 is 2.64 bits per heavy atom.